The minimum atomic E-state index is 0.280. The lowest BCUT2D eigenvalue weighted by Gasteiger charge is -2.10. The molecular formula is C17H16N4S3. The summed E-state index contributed by atoms with van der Waals surface area (Å²) in [5.74, 6) is 0.694. The average Bonchev–Trinajstić information content (AvgIpc) is 2.89. The first-order valence-electron chi connectivity index (χ1n) is 7.30. The van der Waals surface area contributed by atoms with Crippen LogP contribution < -0.4 is 10.1 Å². The van der Waals surface area contributed by atoms with E-state index in [4.69, 9.17) is 12.2 Å². The molecule has 24 heavy (non-hydrogen) atoms. The Morgan fingerprint density at radius 2 is 1.88 bits per heavy atom. The van der Waals surface area contributed by atoms with E-state index in [1.54, 1.807) is 0 Å². The molecule has 0 atom stereocenters. The molecule has 0 radical (unpaired) electrons. The molecule has 0 aliphatic carbocycles. The molecule has 0 amide bonds. The third kappa shape index (κ3) is 3.92. The van der Waals surface area contributed by atoms with Crippen LogP contribution in [0.5, 0.6) is 0 Å². The molecule has 1 N–H and O–H groups in total. The Hall–Kier alpha value is -1.96. The predicted octanol–water partition coefficient (Wildman–Crippen LogP) is 4.41. The largest absolute Gasteiger partial charge is 0.325 e. The van der Waals surface area contributed by atoms with E-state index in [9.17, 15) is 0 Å². The van der Waals surface area contributed by atoms with Gasteiger partial charge in [0.1, 0.15) is 0 Å². The number of aromatic nitrogens is 2. The van der Waals surface area contributed by atoms with Gasteiger partial charge < -0.3 is 5.32 Å². The van der Waals surface area contributed by atoms with Crippen LogP contribution in [0.1, 0.15) is 11.1 Å². The average molecular weight is 373 g/mol. The molecule has 0 bridgehead atoms. The van der Waals surface area contributed by atoms with E-state index in [-0.39, 0.29) is 4.32 Å². The van der Waals surface area contributed by atoms with Crippen molar-refractivity contribution in [2.45, 2.75) is 13.8 Å². The summed E-state index contributed by atoms with van der Waals surface area (Å²) in [6, 6.07) is 16.3. The SMILES string of the molecule is Cc1cccc(Nc2ns/c(=N\C(=S)S)n2-c2cccc(C)c2)c1. The molecular weight excluding hydrogens is 356 g/mol. The fourth-order valence-corrected chi connectivity index (χ4v) is 3.35. The van der Waals surface area contributed by atoms with E-state index < -0.39 is 0 Å². The van der Waals surface area contributed by atoms with Gasteiger partial charge in [0.05, 0.1) is 5.69 Å². The first kappa shape index (κ1) is 16.9. The number of anilines is 2. The summed E-state index contributed by atoms with van der Waals surface area (Å²) in [7, 11) is 0. The monoisotopic (exact) mass is 372 g/mol. The number of aryl methyl sites for hydroxylation is 2. The van der Waals surface area contributed by atoms with Crippen LogP contribution in [0.3, 0.4) is 0 Å². The van der Waals surface area contributed by atoms with Crippen LogP contribution in [0.4, 0.5) is 11.6 Å². The van der Waals surface area contributed by atoms with E-state index in [0.717, 1.165) is 16.9 Å². The van der Waals surface area contributed by atoms with Gasteiger partial charge >= 0.3 is 0 Å². The van der Waals surface area contributed by atoms with Crippen LogP contribution in [0.25, 0.3) is 5.69 Å². The van der Waals surface area contributed by atoms with Gasteiger partial charge in [-0.3, -0.25) is 4.57 Å². The van der Waals surface area contributed by atoms with Crippen molar-refractivity contribution in [3.63, 3.8) is 0 Å². The molecule has 2 aromatic carbocycles. The Labute approximate surface area is 155 Å². The zero-order valence-electron chi connectivity index (χ0n) is 13.2. The Morgan fingerprint density at radius 1 is 1.17 bits per heavy atom. The lowest BCUT2D eigenvalue weighted by atomic mass is 10.2. The van der Waals surface area contributed by atoms with Crippen LogP contribution in [-0.4, -0.2) is 13.3 Å². The molecule has 4 nitrogen and oxygen atoms in total. The number of benzene rings is 2. The van der Waals surface area contributed by atoms with E-state index in [1.807, 2.05) is 28.8 Å². The Kier molecular flexibility index (Phi) is 5.13. The predicted molar refractivity (Wildman–Crippen MR) is 108 cm³/mol. The number of hydrogen-bond donors (Lipinski definition) is 2. The fraction of sp³-hybridized carbons (Fsp3) is 0.118. The highest BCUT2D eigenvalue weighted by Gasteiger charge is 2.11. The van der Waals surface area contributed by atoms with Crippen LogP contribution in [0, 0.1) is 13.8 Å². The van der Waals surface area contributed by atoms with Crippen molar-refractivity contribution in [3.8, 4) is 5.69 Å². The van der Waals surface area contributed by atoms with Gasteiger partial charge in [0, 0.05) is 17.2 Å². The molecule has 0 saturated heterocycles. The van der Waals surface area contributed by atoms with Gasteiger partial charge in [-0.1, -0.05) is 36.5 Å². The van der Waals surface area contributed by atoms with Crippen molar-refractivity contribution in [1.82, 2.24) is 8.94 Å². The molecule has 0 saturated carbocycles. The van der Waals surface area contributed by atoms with Gasteiger partial charge in [-0.2, -0.15) is 4.37 Å². The first-order chi connectivity index (χ1) is 11.5. The summed E-state index contributed by atoms with van der Waals surface area (Å²) in [6.07, 6.45) is 0. The van der Waals surface area contributed by atoms with Gasteiger partial charge in [0.2, 0.25) is 10.7 Å². The van der Waals surface area contributed by atoms with E-state index in [2.05, 4.69) is 65.4 Å². The number of nitrogens with zero attached hydrogens (tertiary/aromatic N) is 3. The molecule has 3 aromatic rings. The van der Waals surface area contributed by atoms with Gasteiger partial charge in [0.25, 0.3) is 0 Å². The number of thiol groups is 1. The highest BCUT2D eigenvalue weighted by Crippen LogP contribution is 2.19. The van der Waals surface area contributed by atoms with Crippen LogP contribution in [0.2, 0.25) is 0 Å². The zero-order valence-corrected chi connectivity index (χ0v) is 15.8. The second kappa shape index (κ2) is 7.29. The Balaban J connectivity index is 2.13. The molecule has 0 aliphatic rings. The van der Waals surface area contributed by atoms with Crippen molar-refractivity contribution in [2.75, 3.05) is 5.32 Å². The lowest BCUT2D eigenvalue weighted by Crippen LogP contribution is -2.16. The summed E-state index contributed by atoms with van der Waals surface area (Å²) < 4.78 is 6.73. The maximum absolute atomic E-state index is 5.01. The van der Waals surface area contributed by atoms with Crippen LogP contribution in [-0.2, 0) is 0 Å². The van der Waals surface area contributed by atoms with E-state index in [0.29, 0.717) is 10.7 Å². The third-order valence-electron chi connectivity index (χ3n) is 3.34. The molecule has 3 rings (SSSR count). The second-order valence-electron chi connectivity index (χ2n) is 5.35. The van der Waals surface area contributed by atoms with E-state index in [1.165, 1.54) is 17.1 Å². The number of thiocarbonyl (C=S) groups is 1. The normalized spacial score (nSPS) is 11.5. The second-order valence-corrected chi connectivity index (χ2v) is 7.20. The van der Waals surface area contributed by atoms with E-state index >= 15 is 0 Å². The van der Waals surface area contributed by atoms with Crippen molar-refractivity contribution >= 4 is 52.3 Å². The fourth-order valence-electron chi connectivity index (χ4n) is 2.34. The maximum Gasteiger partial charge on any atom is 0.225 e. The highest BCUT2D eigenvalue weighted by molar-refractivity contribution is 8.11. The summed E-state index contributed by atoms with van der Waals surface area (Å²) >= 11 is 10.4. The molecule has 7 heteroatoms. The summed E-state index contributed by atoms with van der Waals surface area (Å²) in [4.78, 5) is 5.00. The molecule has 0 aliphatic heterocycles. The van der Waals surface area contributed by atoms with Crippen molar-refractivity contribution in [3.05, 3.63) is 64.5 Å². The Bertz CT molecular complexity index is 956. The number of rotatable bonds is 3. The third-order valence-corrected chi connectivity index (χ3v) is 4.23. The van der Waals surface area contributed by atoms with Crippen molar-refractivity contribution < 1.29 is 0 Å². The topological polar surface area (TPSA) is 42.2 Å². The van der Waals surface area contributed by atoms with Crippen molar-refractivity contribution in [2.24, 2.45) is 4.99 Å². The van der Waals surface area contributed by atoms with Crippen molar-refractivity contribution in [1.29, 1.82) is 0 Å². The molecule has 1 heterocycles. The minimum absolute atomic E-state index is 0.280. The molecule has 122 valence electrons. The minimum Gasteiger partial charge on any atom is -0.325 e. The quantitative estimate of drug-likeness (QED) is 0.529. The Morgan fingerprint density at radius 3 is 2.54 bits per heavy atom. The maximum atomic E-state index is 5.01. The summed E-state index contributed by atoms with van der Waals surface area (Å²) in [5, 5.41) is 3.36. The lowest BCUT2D eigenvalue weighted by molar-refractivity contribution is 1.000. The summed E-state index contributed by atoms with van der Waals surface area (Å²) in [6.45, 7) is 4.11. The number of hydrogen-bond acceptors (Lipinski definition) is 4. The van der Waals surface area contributed by atoms with Gasteiger partial charge in [-0.15, -0.1) is 12.6 Å². The number of nitrogens with one attached hydrogen (secondary N) is 1. The molecule has 1 aromatic heterocycles. The summed E-state index contributed by atoms with van der Waals surface area (Å²) in [5.41, 5.74) is 4.29. The van der Waals surface area contributed by atoms with Crippen LogP contribution in [0.15, 0.2) is 53.5 Å². The van der Waals surface area contributed by atoms with Crippen LogP contribution >= 0.6 is 36.4 Å². The van der Waals surface area contributed by atoms with Gasteiger partial charge in [-0.05, 0) is 49.2 Å². The molecule has 0 spiro atoms. The smallest absolute Gasteiger partial charge is 0.225 e. The first-order valence-corrected chi connectivity index (χ1v) is 8.93. The van der Waals surface area contributed by atoms with Gasteiger partial charge in [0.15, 0.2) is 4.32 Å². The molecule has 0 fully saturated rings. The standard InChI is InChI=1S/C17H16N4S3/c1-11-5-3-7-13(9-11)18-15-20-24-16(19-17(22)23)21(15)14-8-4-6-12(2)10-14/h3-10H,1-2H3,(H,18,20)(H,22,23)/b19-16-. The van der Waals surface area contributed by atoms with Gasteiger partial charge in [-0.25, -0.2) is 4.99 Å². The highest BCUT2D eigenvalue weighted by atomic mass is 32.1. The molecule has 0 unspecified atom stereocenters. The zero-order chi connectivity index (χ0) is 17.1.